The van der Waals surface area contributed by atoms with Crippen LogP contribution in [0.2, 0.25) is 0 Å². The molecule has 108 valence electrons. The van der Waals surface area contributed by atoms with E-state index in [4.69, 9.17) is 15.4 Å². The number of rotatable bonds is 6. The molecule has 0 spiro atoms. The Balaban J connectivity index is 3.17. The van der Waals surface area contributed by atoms with E-state index in [9.17, 15) is 13.2 Å². The molecule has 1 rings (SSSR count). The van der Waals surface area contributed by atoms with Crippen LogP contribution < -0.4 is 0 Å². The molecule has 6 nitrogen and oxygen atoms in total. The van der Waals surface area contributed by atoms with E-state index in [1.807, 2.05) is 13.8 Å². The molecule has 0 aliphatic heterocycles. The Hall–Kier alpha value is -1.08. The second-order valence-corrected chi connectivity index (χ2v) is 6.91. The zero-order valence-corrected chi connectivity index (χ0v) is 12.7. The zero-order chi connectivity index (χ0) is 14.6. The molecule has 0 fully saturated rings. The van der Waals surface area contributed by atoms with Crippen molar-refractivity contribution in [1.29, 1.82) is 0 Å². The molecule has 0 unspecified atom stereocenters. The summed E-state index contributed by atoms with van der Waals surface area (Å²) in [5.74, 6) is -0.362. The van der Waals surface area contributed by atoms with Crippen molar-refractivity contribution in [2.24, 2.45) is 5.92 Å². The van der Waals surface area contributed by atoms with Gasteiger partial charge in [-0.15, -0.1) is 0 Å². The number of hydrogen-bond acceptors (Lipinski definition) is 5. The Morgan fingerprint density at radius 1 is 1.53 bits per heavy atom. The third kappa shape index (κ3) is 4.21. The lowest BCUT2D eigenvalue weighted by Crippen LogP contribution is -2.13. The van der Waals surface area contributed by atoms with Crippen LogP contribution in [0.3, 0.4) is 0 Å². The fourth-order valence-corrected chi connectivity index (χ4v) is 2.80. The van der Waals surface area contributed by atoms with Crippen LogP contribution in [0.4, 0.5) is 0 Å². The van der Waals surface area contributed by atoms with Gasteiger partial charge in [0.25, 0.3) is 9.05 Å². The lowest BCUT2D eigenvalue weighted by molar-refractivity contribution is 0.0521. The third-order valence-corrected chi connectivity index (χ3v) is 3.77. The van der Waals surface area contributed by atoms with Crippen molar-refractivity contribution < 1.29 is 17.9 Å². The summed E-state index contributed by atoms with van der Waals surface area (Å²) >= 11 is 0. The van der Waals surface area contributed by atoms with E-state index < -0.39 is 15.0 Å². The molecular weight excluding hydrogens is 292 g/mol. The van der Waals surface area contributed by atoms with E-state index in [1.165, 1.54) is 10.9 Å². The smallest absolute Gasteiger partial charge is 0.342 e. The van der Waals surface area contributed by atoms with Gasteiger partial charge in [-0.05, 0) is 19.3 Å². The first-order valence-corrected chi connectivity index (χ1v) is 8.25. The molecule has 0 bridgehead atoms. The highest BCUT2D eigenvalue weighted by Gasteiger charge is 2.27. The molecule has 0 aliphatic carbocycles. The predicted octanol–water partition coefficient (Wildman–Crippen LogP) is 2.03. The van der Waals surface area contributed by atoms with Crippen LogP contribution in [0.1, 0.15) is 37.6 Å². The van der Waals surface area contributed by atoms with Crippen molar-refractivity contribution >= 4 is 25.7 Å². The van der Waals surface area contributed by atoms with Gasteiger partial charge in [-0.3, -0.25) is 4.68 Å². The highest BCUT2D eigenvalue weighted by Crippen LogP contribution is 2.21. The molecule has 0 aromatic carbocycles. The Morgan fingerprint density at radius 2 is 2.16 bits per heavy atom. The summed E-state index contributed by atoms with van der Waals surface area (Å²) in [5, 5.41) is 3.61. The zero-order valence-electron chi connectivity index (χ0n) is 11.1. The molecule has 0 aliphatic rings. The monoisotopic (exact) mass is 308 g/mol. The number of aromatic nitrogens is 2. The minimum Gasteiger partial charge on any atom is -0.462 e. The summed E-state index contributed by atoms with van der Waals surface area (Å²) in [6, 6.07) is 0. The molecule has 0 saturated heterocycles. The van der Waals surface area contributed by atoms with Crippen molar-refractivity contribution in [3.05, 3.63) is 11.8 Å². The van der Waals surface area contributed by atoms with Crippen molar-refractivity contribution in [3.8, 4) is 0 Å². The first-order valence-electron chi connectivity index (χ1n) is 5.95. The third-order valence-electron chi connectivity index (χ3n) is 2.44. The number of nitrogens with zero attached hydrogens (tertiary/aromatic N) is 2. The van der Waals surface area contributed by atoms with E-state index in [0.717, 1.165) is 6.42 Å². The average Bonchev–Trinajstić information content (AvgIpc) is 2.70. The van der Waals surface area contributed by atoms with Gasteiger partial charge in [0.2, 0.25) is 0 Å². The van der Waals surface area contributed by atoms with E-state index in [2.05, 4.69) is 5.10 Å². The molecule has 0 saturated carbocycles. The van der Waals surface area contributed by atoms with Gasteiger partial charge < -0.3 is 4.74 Å². The quantitative estimate of drug-likeness (QED) is 0.593. The molecular formula is C11H17ClN2O4S. The van der Waals surface area contributed by atoms with E-state index >= 15 is 0 Å². The van der Waals surface area contributed by atoms with Crippen LogP contribution in [0.15, 0.2) is 11.2 Å². The number of hydrogen-bond donors (Lipinski definition) is 0. The fourth-order valence-electron chi connectivity index (χ4n) is 1.52. The van der Waals surface area contributed by atoms with Gasteiger partial charge >= 0.3 is 5.97 Å². The maximum absolute atomic E-state index is 11.7. The molecule has 0 N–H and O–H groups in total. The number of carbonyl (C=O) groups is 1. The van der Waals surface area contributed by atoms with Crippen molar-refractivity contribution in [1.82, 2.24) is 9.78 Å². The number of ether oxygens (including phenoxy) is 1. The van der Waals surface area contributed by atoms with Crippen molar-refractivity contribution in [3.63, 3.8) is 0 Å². The summed E-state index contributed by atoms with van der Waals surface area (Å²) in [7, 11) is 1.31. The van der Waals surface area contributed by atoms with Gasteiger partial charge in [-0.2, -0.15) is 5.10 Å². The topological polar surface area (TPSA) is 78.3 Å². The number of carbonyl (C=O) groups excluding carboxylic acids is 1. The Bertz CT molecular complexity index is 551. The normalized spacial score (nSPS) is 11.8. The Morgan fingerprint density at radius 3 is 2.63 bits per heavy atom. The first-order chi connectivity index (χ1) is 8.77. The van der Waals surface area contributed by atoms with Gasteiger partial charge in [-0.1, -0.05) is 13.8 Å². The minimum absolute atomic E-state index is 0.124. The molecule has 19 heavy (non-hydrogen) atoms. The molecule has 1 heterocycles. The SMILES string of the molecule is CCOC(=O)c1cnn(CCC(C)C)c1S(=O)(=O)Cl. The minimum atomic E-state index is -4.06. The van der Waals surface area contributed by atoms with Crippen LogP contribution in [0, 0.1) is 5.92 Å². The molecule has 0 amide bonds. The lowest BCUT2D eigenvalue weighted by atomic mass is 10.1. The molecule has 0 radical (unpaired) electrons. The average molecular weight is 309 g/mol. The number of esters is 1. The van der Waals surface area contributed by atoms with Gasteiger partial charge in [0.05, 0.1) is 12.8 Å². The standard InChI is InChI=1S/C11H17ClN2O4S/c1-4-18-11(15)9-7-13-14(6-5-8(2)3)10(9)19(12,16)17/h7-8H,4-6H2,1-3H3. The van der Waals surface area contributed by atoms with Crippen LogP contribution in [-0.2, 0) is 20.3 Å². The molecule has 1 aromatic rings. The molecule has 0 atom stereocenters. The van der Waals surface area contributed by atoms with E-state index in [-0.39, 0.29) is 17.2 Å². The predicted molar refractivity (Wildman–Crippen MR) is 70.7 cm³/mol. The maximum atomic E-state index is 11.7. The van der Waals surface area contributed by atoms with E-state index in [0.29, 0.717) is 12.5 Å². The fraction of sp³-hybridized carbons (Fsp3) is 0.636. The molecule has 8 heteroatoms. The Kier molecular flexibility index (Phi) is 5.37. The van der Waals surface area contributed by atoms with Gasteiger partial charge in [0, 0.05) is 17.2 Å². The highest BCUT2D eigenvalue weighted by molar-refractivity contribution is 8.13. The van der Waals surface area contributed by atoms with Crippen LogP contribution in [-0.4, -0.2) is 30.8 Å². The summed E-state index contributed by atoms with van der Waals surface area (Å²) in [4.78, 5) is 11.7. The second-order valence-electron chi connectivity index (χ2n) is 4.43. The molecule has 1 aromatic heterocycles. The van der Waals surface area contributed by atoms with Gasteiger partial charge in [-0.25, -0.2) is 13.2 Å². The van der Waals surface area contributed by atoms with Crippen LogP contribution >= 0.6 is 10.7 Å². The summed E-state index contributed by atoms with van der Waals surface area (Å²) < 4.78 is 29.2. The van der Waals surface area contributed by atoms with Crippen LogP contribution in [0.25, 0.3) is 0 Å². The van der Waals surface area contributed by atoms with E-state index in [1.54, 1.807) is 6.92 Å². The number of halogens is 1. The Labute approximate surface area is 117 Å². The first kappa shape index (κ1) is 16.0. The maximum Gasteiger partial charge on any atom is 0.342 e. The summed E-state index contributed by atoms with van der Waals surface area (Å²) in [5.41, 5.74) is -0.124. The largest absolute Gasteiger partial charge is 0.462 e. The number of aryl methyl sites for hydroxylation is 1. The summed E-state index contributed by atoms with van der Waals surface area (Å²) in [6.45, 7) is 6.17. The lowest BCUT2D eigenvalue weighted by Gasteiger charge is -2.08. The van der Waals surface area contributed by atoms with Crippen LogP contribution in [0.5, 0.6) is 0 Å². The summed E-state index contributed by atoms with van der Waals surface area (Å²) in [6.07, 6.45) is 1.90. The van der Waals surface area contributed by atoms with Gasteiger partial charge in [0.15, 0.2) is 5.03 Å². The van der Waals surface area contributed by atoms with Gasteiger partial charge in [0.1, 0.15) is 5.56 Å². The van der Waals surface area contributed by atoms with Crippen molar-refractivity contribution in [2.75, 3.05) is 6.61 Å². The second kappa shape index (κ2) is 6.38. The highest BCUT2D eigenvalue weighted by atomic mass is 35.7. The van der Waals surface area contributed by atoms with Crippen molar-refractivity contribution in [2.45, 2.75) is 38.8 Å².